The van der Waals surface area contributed by atoms with Gasteiger partial charge in [-0.1, -0.05) is 0 Å². The van der Waals surface area contributed by atoms with E-state index in [1.54, 1.807) is 24.7 Å². The van der Waals surface area contributed by atoms with Crippen LogP contribution >= 0.6 is 0 Å². The van der Waals surface area contributed by atoms with Crippen molar-refractivity contribution in [2.45, 2.75) is 26.0 Å². The van der Waals surface area contributed by atoms with Gasteiger partial charge in [0.15, 0.2) is 0 Å². The molecule has 0 amide bonds. The van der Waals surface area contributed by atoms with Crippen LogP contribution in [0, 0.1) is 0 Å². The first-order chi connectivity index (χ1) is 5.51. The number of nitrogens with zero attached hydrogens (tertiary/aromatic N) is 2. The van der Waals surface area contributed by atoms with Crippen LogP contribution in [0.2, 0.25) is 0 Å². The van der Waals surface area contributed by atoms with Crippen LogP contribution < -0.4 is 5.32 Å². The molecule has 0 fully saturated rings. The first-order valence-electron chi connectivity index (χ1n) is 3.94. The first-order valence-corrected chi connectivity index (χ1v) is 3.94. The normalized spacial score (nSPS) is 11.7. The number of nitrogens with one attached hydrogen (secondary N) is 1. The highest BCUT2D eigenvalue weighted by molar-refractivity contribution is 5.36. The van der Waals surface area contributed by atoms with Crippen molar-refractivity contribution in [3.05, 3.63) is 12.4 Å². The fourth-order valence-electron chi connectivity index (χ4n) is 0.976. The summed E-state index contributed by atoms with van der Waals surface area (Å²) in [7, 11) is 1.84. The Hall–Kier alpha value is -1.03. The lowest BCUT2D eigenvalue weighted by Gasteiger charge is -2.16. The molecule has 0 unspecified atom stereocenters. The average molecular weight is 169 g/mol. The molecule has 2 N–H and O–H groups in total. The molecule has 68 valence electrons. The van der Waals surface area contributed by atoms with Gasteiger partial charge < -0.3 is 10.4 Å². The number of hydrogen-bond donors (Lipinski definition) is 2. The molecule has 4 nitrogen and oxygen atoms in total. The molecule has 12 heavy (non-hydrogen) atoms. The van der Waals surface area contributed by atoms with Gasteiger partial charge in [-0.15, -0.1) is 0 Å². The van der Waals surface area contributed by atoms with E-state index in [2.05, 4.69) is 10.4 Å². The summed E-state index contributed by atoms with van der Waals surface area (Å²) < 4.78 is 1.71. The molecule has 0 spiro atoms. The second-order valence-electron chi connectivity index (χ2n) is 3.49. The van der Waals surface area contributed by atoms with Gasteiger partial charge in [0.25, 0.3) is 0 Å². The van der Waals surface area contributed by atoms with Crippen molar-refractivity contribution in [3.63, 3.8) is 0 Å². The van der Waals surface area contributed by atoms with Crippen molar-refractivity contribution in [2.24, 2.45) is 0 Å². The van der Waals surface area contributed by atoms with Crippen molar-refractivity contribution in [1.29, 1.82) is 0 Å². The van der Waals surface area contributed by atoms with Gasteiger partial charge in [0.1, 0.15) is 0 Å². The Morgan fingerprint density at radius 3 is 2.75 bits per heavy atom. The van der Waals surface area contributed by atoms with Crippen LogP contribution in [-0.2, 0) is 6.54 Å². The Labute approximate surface area is 72.2 Å². The minimum atomic E-state index is -0.711. The van der Waals surface area contributed by atoms with Gasteiger partial charge >= 0.3 is 0 Å². The standard InChI is InChI=1S/C8H15N3O/c1-8(2,12)6-11-5-7(9-3)4-10-11/h4-5,9,12H,6H2,1-3H3. The summed E-state index contributed by atoms with van der Waals surface area (Å²) in [5, 5.41) is 16.5. The molecule has 0 aliphatic rings. The molecule has 0 aliphatic heterocycles. The van der Waals surface area contributed by atoms with E-state index in [-0.39, 0.29) is 0 Å². The third kappa shape index (κ3) is 2.54. The number of anilines is 1. The lowest BCUT2D eigenvalue weighted by Crippen LogP contribution is -2.26. The van der Waals surface area contributed by atoms with Crippen LogP contribution in [0.3, 0.4) is 0 Å². The molecule has 0 saturated carbocycles. The lowest BCUT2D eigenvalue weighted by atomic mass is 10.1. The van der Waals surface area contributed by atoms with Gasteiger partial charge in [0.05, 0.1) is 24.0 Å². The second-order valence-corrected chi connectivity index (χ2v) is 3.49. The number of hydrogen-bond acceptors (Lipinski definition) is 3. The molecule has 1 aromatic rings. The van der Waals surface area contributed by atoms with E-state index in [0.717, 1.165) is 5.69 Å². The van der Waals surface area contributed by atoms with Gasteiger partial charge in [0, 0.05) is 13.2 Å². The zero-order valence-corrected chi connectivity index (χ0v) is 7.70. The number of aromatic nitrogens is 2. The number of rotatable bonds is 3. The summed E-state index contributed by atoms with van der Waals surface area (Å²) in [5.74, 6) is 0. The summed E-state index contributed by atoms with van der Waals surface area (Å²) in [5.41, 5.74) is 0.246. The van der Waals surface area contributed by atoms with Gasteiger partial charge in [-0.3, -0.25) is 4.68 Å². The van der Waals surface area contributed by atoms with Crippen LogP contribution in [0.15, 0.2) is 12.4 Å². The highest BCUT2D eigenvalue weighted by Crippen LogP contribution is 2.08. The molecule has 1 heterocycles. The molecule has 0 bridgehead atoms. The molecule has 0 aliphatic carbocycles. The zero-order chi connectivity index (χ0) is 9.19. The van der Waals surface area contributed by atoms with E-state index in [9.17, 15) is 5.11 Å². The number of aliphatic hydroxyl groups is 1. The predicted molar refractivity (Wildman–Crippen MR) is 48.1 cm³/mol. The highest BCUT2D eigenvalue weighted by Gasteiger charge is 2.13. The average Bonchev–Trinajstić information content (AvgIpc) is 2.32. The summed E-state index contributed by atoms with van der Waals surface area (Å²) in [6.07, 6.45) is 3.59. The van der Waals surface area contributed by atoms with Crippen LogP contribution in [-0.4, -0.2) is 27.5 Å². The van der Waals surface area contributed by atoms with Crippen molar-refractivity contribution >= 4 is 5.69 Å². The van der Waals surface area contributed by atoms with Gasteiger partial charge in [-0.05, 0) is 13.8 Å². The topological polar surface area (TPSA) is 50.1 Å². The Morgan fingerprint density at radius 1 is 1.67 bits per heavy atom. The van der Waals surface area contributed by atoms with Crippen molar-refractivity contribution in [1.82, 2.24) is 9.78 Å². The van der Waals surface area contributed by atoms with Gasteiger partial charge in [-0.2, -0.15) is 5.10 Å². The lowest BCUT2D eigenvalue weighted by molar-refractivity contribution is 0.0578. The van der Waals surface area contributed by atoms with Crippen molar-refractivity contribution in [2.75, 3.05) is 12.4 Å². The molecule has 0 saturated heterocycles. The summed E-state index contributed by atoms with van der Waals surface area (Å²) in [6, 6.07) is 0. The first kappa shape index (κ1) is 9.06. The molecular formula is C8H15N3O. The van der Waals surface area contributed by atoms with E-state index >= 15 is 0 Å². The van der Waals surface area contributed by atoms with E-state index < -0.39 is 5.60 Å². The molecule has 4 heteroatoms. The highest BCUT2D eigenvalue weighted by atomic mass is 16.3. The summed E-state index contributed by atoms with van der Waals surface area (Å²) >= 11 is 0. The van der Waals surface area contributed by atoms with E-state index in [1.165, 1.54) is 0 Å². The van der Waals surface area contributed by atoms with Crippen LogP contribution in [0.5, 0.6) is 0 Å². The summed E-state index contributed by atoms with van der Waals surface area (Å²) in [6.45, 7) is 4.02. The third-order valence-corrected chi connectivity index (χ3v) is 1.47. The molecule has 1 rings (SSSR count). The quantitative estimate of drug-likeness (QED) is 0.700. The zero-order valence-electron chi connectivity index (χ0n) is 7.70. The molecular weight excluding hydrogens is 154 g/mol. The minimum Gasteiger partial charge on any atom is -0.389 e. The van der Waals surface area contributed by atoms with Gasteiger partial charge in [-0.25, -0.2) is 0 Å². The van der Waals surface area contributed by atoms with E-state index in [0.29, 0.717) is 6.54 Å². The SMILES string of the molecule is CNc1cnn(CC(C)(C)O)c1. The molecule has 0 aromatic carbocycles. The largest absolute Gasteiger partial charge is 0.389 e. The maximum absolute atomic E-state index is 9.47. The maximum Gasteiger partial charge on any atom is 0.0786 e. The van der Waals surface area contributed by atoms with Crippen LogP contribution in [0.1, 0.15) is 13.8 Å². The third-order valence-electron chi connectivity index (χ3n) is 1.47. The Morgan fingerprint density at radius 2 is 2.33 bits per heavy atom. The predicted octanol–water partition coefficient (Wildman–Crippen LogP) is 0.696. The molecule has 0 radical (unpaired) electrons. The van der Waals surface area contributed by atoms with Gasteiger partial charge in [0.2, 0.25) is 0 Å². The molecule has 0 atom stereocenters. The smallest absolute Gasteiger partial charge is 0.0786 e. The Bertz CT molecular complexity index is 249. The van der Waals surface area contributed by atoms with E-state index in [4.69, 9.17) is 0 Å². The molecule has 1 aromatic heterocycles. The van der Waals surface area contributed by atoms with Crippen molar-refractivity contribution in [3.8, 4) is 0 Å². The fraction of sp³-hybridized carbons (Fsp3) is 0.625. The van der Waals surface area contributed by atoms with Crippen LogP contribution in [0.4, 0.5) is 5.69 Å². The Balaban J connectivity index is 2.64. The minimum absolute atomic E-state index is 0.509. The second kappa shape index (κ2) is 3.15. The van der Waals surface area contributed by atoms with Crippen molar-refractivity contribution < 1.29 is 5.11 Å². The monoisotopic (exact) mass is 169 g/mol. The van der Waals surface area contributed by atoms with Crippen LogP contribution in [0.25, 0.3) is 0 Å². The van der Waals surface area contributed by atoms with E-state index in [1.807, 2.05) is 13.2 Å². The maximum atomic E-state index is 9.47. The summed E-state index contributed by atoms with van der Waals surface area (Å²) in [4.78, 5) is 0. The fourth-order valence-corrected chi connectivity index (χ4v) is 0.976. The Kier molecular flexibility index (Phi) is 2.38.